The molecule has 0 saturated heterocycles. The molecule has 2 aromatic rings. The second-order valence-corrected chi connectivity index (χ2v) is 11.7. The van der Waals surface area contributed by atoms with Crippen molar-refractivity contribution in [3.8, 4) is 0 Å². The Hall–Kier alpha value is -1.92. The van der Waals surface area contributed by atoms with E-state index < -0.39 is 21.2 Å². The van der Waals surface area contributed by atoms with Gasteiger partial charge in [0, 0.05) is 18.1 Å². The highest BCUT2D eigenvalue weighted by molar-refractivity contribution is 7.92. The molecule has 0 bridgehead atoms. The van der Waals surface area contributed by atoms with Crippen molar-refractivity contribution in [3.63, 3.8) is 0 Å². The summed E-state index contributed by atoms with van der Waals surface area (Å²) in [6.07, 6.45) is 8.17. The van der Waals surface area contributed by atoms with E-state index in [1.165, 1.54) is 48.3 Å². The molecule has 0 radical (unpaired) electrons. The van der Waals surface area contributed by atoms with Crippen LogP contribution >= 0.6 is 0 Å². The van der Waals surface area contributed by atoms with Gasteiger partial charge in [-0.05, 0) is 80.0 Å². The number of hydrogen-bond donors (Lipinski definition) is 1. The summed E-state index contributed by atoms with van der Waals surface area (Å²) in [5.41, 5.74) is 4.01. The number of hydrogen-bond acceptors (Lipinski definition) is 5. The van der Waals surface area contributed by atoms with Crippen molar-refractivity contribution in [3.05, 3.63) is 52.3 Å². The van der Waals surface area contributed by atoms with Crippen LogP contribution in [0.25, 0.3) is 0 Å². The van der Waals surface area contributed by atoms with E-state index in [2.05, 4.69) is 19.1 Å². The van der Waals surface area contributed by atoms with Gasteiger partial charge in [0.2, 0.25) is 14.9 Å². The van der Waals surface area contributed by atoms with Crippen molar-refractivity contribution in [1.82, 2.24) is 0 Å². The largest absolute Gasteiger partial charge is 0.453 e. The summed E-state index contributed by atoms with van der Waals surface area (Å²) in [4.78, 5) is 13.0. The van der Waals surface area contributed by atoms with E-state index in [4.69, 9.17) is 4.42 Å². The van der Waals surface area contributed by atoms with Gasteiger partial charge in [0.25, 0.3) is 0 Å². The highest BCUT2D eigenvalue weighted by Gasteiger charge is 2.31. The standard InChI is InChI=1S/C25H32O5S/c1-16(17-6-4-7-17)21-11-10-18-8-5-9-22(18)23(21)13-20(26)15-31(28,29)24-12-19(14-30-24)25(2,3)27/h10-12,14,16-17,27H,4-9,13,15H2,1-3H3. The van der Waals surface area contributed by atoms with Gasteiger partial charge in [-0.15, -0.1) is 0 Å². The Morgan fingerprint density at radius 2 is 1.97 bits per heavy atom. The molecule has 1 heterocycles. The van der Waals surface area contributed by atoms with Crippen molar-refractivity contribution in [1.29, 1.82) is 0 Å². The Morgan fingerprint density at radius 3 is 2.58 bits per heavy atom. The number of sulfone groups is 1. The van der Waals surface area contributed by atoms with Gasteiger partial charge < -0.3 is 9.52 Å². The van der Waals surface area contributed by atoms with E-state index in [9.17, 15) is 18.3 Å². The van der Waals surface area contributed by atoms with Crippen molar-refractivity contribution < 1.29 is 22.7 Å². The molecule has 1 saturated carbocycles. The lowest BCUT2D eigenvalue weighted by atomic mass is 9.72. The van der Waals surface area contributed by atoms with E-state index >= 15 is 0 Å². The second kappa shape index (κ2) is 8.21. The quantitative estimate of drug-likeness (QED) is 0.649. The lowest BCUT2D eigenvalue weighted by Gasteiger charge is -2.33. The summed E-state index contributed by atoms with van der Waals surface area (Å²) in [6, 6.07) is 5.69. The number of ketones is 1. The zero-order chi connectivity index (χ0) is 22.4. The Morgan fingerprint density at radius 1 is 1.23 bits per heavy atom. The van der Waals surface area contributed by atoms with E-state index in [0.29, 0.717) is 17.4 Å². The highest BCUT2D eigenvalue weighted by Crippen LogP contribution is 2.42. The first-order valence-corrected chi connectivity index (χ1v) is 12.9. The van der Waals surface area contributed by atoms with Crippen LogP contribution in [0.4, 0.5) is 0 Å². The monoisotopic (exact) mass is 444 g/mol. The lowest BCUT2D eigenvalue weighted by molar-refractivity contribution is -0.116. The maximum atomic E-state index is 13.0. The van der Waals surface area contributed by atoms with Gasteiger partial charge in [-0.25, -0.2) is 8.42 Å². The van der Waals surface area contributed by atoms with Gasteiger partial charge in [-0.1, -0.05) is 25.5 Å². The molecule has 168 valence electrons. The van der Waals surface area contributed by atoms with Gasteiger partial charge in [-0.2, -0.15) is 0 Å². The third-order valence-corrected chi connectivity index (χ3v) is 8.63. The lowest BCUT2D eigenvalue weighted by Crippen LogP contribution is -2.22. The van der Waals surface area contributed by atoms with Crippen LogP contribution in [-0.4, -0.2) is 25.1 Å². The summed E-state index contributed by atoms with van der Waals surface area (Å²) >= 11 is 0. The maximum Gasteiger partial charge on any atom is 0.218 e. The predicted octanol–water partition coefficient (Wildman–Crippen LogP) is 4.48. The third-order valence-electron chi connectivity index (χ3n) is 7.10. The highest BCUT2D eigenvalue weighted by atomic mass is 32.2. The molecule has 2 aliphatic rings. The molecule has 0 aliphatic heterocycles. The maximum absolute atomic E-state index is 13.0. The number of benzene rings is 1. The molecular formula is C25H32O5S. The second-order valence-electron chi connectivity index (χ2n) is 9.79. The predicted molar refractivity (Wildman–Crippen MR) is 119 cm³/mol. The van der Waals surface area contributed by atoms with Crippen LogP contribution in [0.1, 0.15) is 80.2 Å². The molecule has 1 unspecified atom stereocenters. The van der Waals surface area contributed by atoms with Crippen LogP contribution in [0.5, 0.6) is 0 Å². The number of Topliss-reactive ketones (excluding diaryl/α,β-unsaturated/α-hetero) is 1. The van der Waals surface area contributed by atoms with Gasteiger partial charge in [0.1, 0.15) is 5.75 Å². The number of aryl methyl sites for hydroxylation is 1. The third kappa shape index (κ3) is 4.51. The molecule has 5 nitrogen and oxygen atoms in total. The van der Waals surface area contributed by atoms with Crippen molar-refractivity contribution in [2.45, 2.75) is 82.3 Å². The number of carbonyl (C=O) groups excluding carboxylic acids is 1. The van der Waals surface area contributed by atoms with Gasteiger partial charge >= 0.3 is 0 Å². The van der Waals surface area contributed by atoms with Crippen LogP contribution in [0.3, 0.4) is 0 Å². The van der Waals surface area contributed by atoms with Crippen LogP contribution in [0.2, 0.25) is 0 Å². The molecule has 0 amide bonds. The fourth-order valence-electron chi connectivity index (χ4n) is 4.92. The topological polar surface area (TPSA) is 84.6 Å². The first kappa shape index (κ1) is 22.3. The molecule has 1 aromatic carbocycles. The molecule has 1 N–H and O–H groups in total. The van der Waals surface area contributed by atoms with Crippen molar-refractivity contribution in [2.24, 2.45) is 5.92 Å². The molecule has 1 fully saturated rings. The minimum Gasteiger partial charge on any atom is -0.453 e. The normalized spacial score (nSPS) is 17.9. The molecule has 1 aromatic heterocycles. The zero-order valence-electron chi connectivity index (χ0n) is 18.6. The summed E-state index contributed by atoms with van der Waals surface area (Å²) < 4.78 is 30.8. The Bertz CT molecular complexity index is 1080. The molecule has 2 aliphatic carbocycles. The summed E-state index contributed by atoms with van der Waals surface area (Å²) in [6.45, 7) is 5.35. The summed E-state index contributed by atoms with van der Waals surface area (Å²) in [7, 11) is -3.90. The zero-order valence-corrected chi connectivity index (χ0v) is 19.4. The van der Waals surface area contributed by atoms with E-state index in [0.717, 1.165) is 24.8 Å². The first-order valence-electron chi connectivity index (χ1n) is 11.3. The molecule has 4 rings (SSSR count). The molecule has 0 spiro atoms. The number of aliphatic hydroxyl groups is 1. The van der Waals surface area contributed by atoms with E-state index in [1.54, 1.807) is 13.8 Å². The minimum absolute atomic E-state index is 0.147. The molecule has 6 heteroatoms. The van der Waals surface area contributed by atoms with E-state index in [-0.39, 0.29) is 17.3 Å². The number of fused-ring (bicyclic) bond motifs is 1. The first-order chi connectivity index (χ1) is 14.6. The minimum atomic E-state index is -3.90. The van der Waals surface area contributed by atoms with E-state index in [1.807, 2.05) is 0 Å². The average Bonchev–Trinajstić information content (AvgIpc) is 3.29. The summed E-state index contributed by atoms with van der Waals surface area (Å²) in [5, 5.41) is 9.80. The smallest absolute Gasteiger partial charge is 0.218 e. The summed E-state index contributed by atoms with van der Waals surface area (Å²) in [5.74, 6) is 0.134. The number of rotatable bonds is 8. The fourth-order valence-corrected chi connectivity index (χ4v) is 6.09. The number of furan rings is 1. The van der Waals surface area contributed by atoms with Crippen LogP contribution in [0, 0.1) is 5.92 Å². The van der Waals surface area contributed by atoms with Crippen molar-refractivity contribution in [2.75, 3.05) is 5.75 Å². The Kier molecular flexibility index (Phi) is 5.90. The van der Waals surface area contributed by atoms with Crippen molar-refractivity contribution >= 4 is 15.6 Å². The SMILES string of the molecule is CC(c1ccc2c(c1CC(=O)CS(=O)(=O)c1cc(C(C)(C)O)co1)CCC2)C1CCC1. The molecule has 31 heavy (non-hydrogen) atoms. The average molecular weight is 445 g/mol. The Labute approximate surface area is 184 Å². The van der Waals surface area contributed by atoms with Crippen LogP contribution in [-0.2, 0) is 39.5 Å². The number of carbonyl (C=O) groups is 1. The van der Waals surface area contributed by atoms with Gasteiger partial charge in [0.05, 0.1) is 11.9 Å². The Balaban J connectivity index is 1.57. The van der Waals surface area contributed by atoms with Crippen LogP contribution in [0.15, 0.2) is 34.0 Å². The van der Waals surface area contributed by atoms with Gasteiger partial charge in [-0.3, -0.25) is 4.79 Å². The molecule has 1 atom stereocenters. The molecular weight excluding hydrogens is 412 g/mol. The van der Waals surface area contributed by atoms with Crippen LogP contribution < -0.4 is 0 Å². The van der Waals surface area contributed by atoms with Gasteiger partial charge in [0.15, 0.2) is 5.78 Å². The fraction of sp³-hybridized carbons (Fsp3) is 0.560.